The van der Waals surface area contributed by atoms with E-state index < -0.39 is 5.97 Å². The van der Waals surface area contributed by atoms with E-state index in [-0.39, 0.29) is 12.5 Å². The Labute approximate surface area is 147 Å². The lowest BCUT2D eigenvalue weighted by molar-refractivity contribution is -0.142. The van der Waals surface area contributed by atoms with Gasteiger partial charge in [0, 0.05) is 11.8 Å². The zero-order valence-electron chi connectivity index (χ0n) is 14.3. The summed E-state index contributed by atoms with van der Waals surface area (Å²) < 4.78 is 10.0. The highest BCUT2D eigenvalue weighted by Gasteiger charge is 2.07. The summed E-state index contributed by atoms with van der Waals surface area (Å²) in [5.74, 6) is -0.203. The van der Waals surface area contributed by atoms with Gasteiger partial charge in [-0.3, -0.25) is 4.79 Å². The molecule has 2 aromatic carbocycles. The van der Waals surface area contributed by atoms with Crippen molar-refractivity contribution in [3.8, 4) is 5.75 Å². The summed E-state index contributed by atoms with van der Waals surface area (Å²) in [6, 6.07) is 14.7. The minimum atomic E-state index is -0.574. The van der Waals surface area contributed by atoms with E-state index in [1.165, 1.54) is 6.08 Å². The molecule has 0 unspecified atom stereocenters. The second kappa shape index (κ2) is 9.27. The number of methoxy groups -OCH3 is 1. The second-order valence-corrected chi connectivity index (χ2v) is 5.27. The van der Waals surface area contributed by atoms with Crippen LogP contribution < -0.4 is 10.1 Å². The number of anilines is 1. The molecule has 0 aliphatic carbocycles. The lowest BCUT2D eigenvalue weighted by Gasteiger charge is -2.09. The third kappa shape index (κ3) is 5.80. The minimum Gasteiger partial charge on any atom is -0.497 e. The van der Waals surface area contributed by atoms with Gasteiger partial charge >= 0.3 is 5.97 Å². The van der Waals surface area contributed by atoms with Crippen LogP contribution in [0.4, 0.5) is 5.69 Å². The Kier molecular flexibility index (Phi) is 6.77. The van der Waals surface area contributed by atoms with Crippen LogP contribution >= 0.6 is 0 Å². The van der Waals surface area contributed by atoms with Crippen LogP contribution in [0, 0.1) is 0 Å². The minimum absolute atomic E-state index is 0.330. The van der Waals surface area contributed by atoms with Crippen LogP contribution in [0.5, 0.6) is 5.75 Å². The summed E-state index contributed by atoms with van der Waals surface area (Å²) in [6.07, 6.45) is 3.71. The molecule has 25 heavy (non-hydrogen) atoms. The predicted molar refractivity (Wildman–Crippen MR) is 97.4 cm³/mol. The summed E-state index contributed by atoms with van der Waals surface area (Å²) in [5.41, 5.74) is 2.60. The number of rotatable bonds is 7. The molecule has 5 heteroatoms. The Bertz CT molecular complexity index is 751. The van der Waals surface area contributed by atoms with Gasteiger partial charge in [-0.15, -0.1) is 0 Å². The molecule has 0 aliphatic rings. The van der Waals surface area contributed by atoms with E-state index in [1.54, 1.807) is 25.3 Å². The average molecular weight is 339 g/mol. The number of aryl methyl sites for hydroxylation is 1. The SMILES string of the molecule is CCc1ccccc1NC(=O)COC(=O)C=Cc1ccc(OC)cc1. The molecule has 1 amide bonds. The first kappa shape index (κ1) is 18.3. The van der Waals surface area contributed by atoms with E-state index in [4.69, 9.17) is 9.47 Å². The van der Waals surface area contributed by atoms with Gasteiger partial charge in [0.1, 0.15) is 5.75 Å². The highest BCUT2D eigenvalue weighted by molar-refractivity contribution is 5.95. The van der Waals surface area contributed by atoms with Crippen molar-refractivity contribution < 1.29 is 19.1 Å². The van der Waals surface area contributed by atoms with Gasteiger partial charge in [0.15, 0.2) is 6.61 Å². The quantitative estimate of drug-likeness (QED) is 0.620. The maximum absolute atomic E-state index is 11.9. The molecule has 0 saturated heterocycles. The summed E-state index contributed by atoms with van der Waals surface area (Å²) in [6.45, 7) is 1.68. The van der Waals surface area contributed by atoms with E-state index in [9.17, 15) is 9.59 Å². The Morgan fingerprint density at radius 1 is 1.08 bits per heavy atom. The molecule has 0 atom stereocenters. The van der Waals surface area contributed by atoms with Crippen molar-refractivity contribution in [3.63, 3.8) is 0 Å². The topological polar surface area (TPSA) is 64.6 Å². The van der Waals surface area contributed by atoms with Crippen molar-refractivity contribution in [2.24, 2.45) is 0 Å². The molecule has 2 aromatic rings. The first-order valence-electron chi connectivity index (χ1n) is 7.99. The van der Waals surface area contributed by atoms with Gasteiger partial charge in [0.05, 0.1) is 7.11 Å². The molecule has 0 saturated carbocycles. The molecular formula is C20H21NO4. The van der Waals surface area contributed by atoms with Gasteiger partial charge in [0.2, 0.25) is 0 Å². The summed E-state index contributed by atoms with van der Waals surface area (Å²) >= 11 is 0. The van der Waals surface area contributed by atoms with Crippen LogP contribution in [-0.4, -0.2) is 25.6 Å². The highest BCUT2D eigenvalue weighted by atomic mass is 16.5. The maximum Gasteiger partial charge on any atom is 0.331 e. The van der Waals surface area contributed by atoms with Gasteiger partial charge in [-0.1, -0.05) is 37.3 Å². The van der Waals surface area contributed by atoms with E-state index in [0.29, 0.717) is 0 Å². The largest absolute Gasteiger partial charge is 0.497 e. The third-order valence-corrected chi connectivity index (χ3v) is 3.55. The van der Waals surface area contributed by atoms with E-state index in [2.05, 4.69) is 5.32 Å². The predicted octanol–water partition coefficient (Wildman–Crippen LogP) is 3.45. The Hall–Kier alpha value is -3.08. The molecule has 0 fully saturated rings. The van der Waals surface area contributed by atoms with E-state index in [1.807, 2.05) is 43.3 Å². The van der Waals surface area contributed by atoms with Crippen LogP contribution in [0.15, 0.2) is 54.6 Å². The molecule has 0 aliphatic heterocycles. The average Bonchev–Trinajstić information content (AvgIpc) is 2.65. The van der Waals surface area contributed by atoms with Crippen LogP contribution in [0.25, 0.3) is 6.08 Å². The Balaban J connectivity index is 1.82. The number of carbonyl (C=O) groups is 2. The Morgan fingerprint density at radius 3 is 2.48 bits per heavy atom. The molecular weight excluding hydrogens is 318 g/mol. The fourth-order valence-corrected chi connectivity index (χ4v) is 2.20. The van der Waals surface area contributed by atoms with E-state index >= 15 is 0 Å². The van der Waals surface area contributed by atoms with Gasteiger partial charge in [-0.25, -0.2) is 4.79 Å². The molecule has 0 radical (unpaired) electrons. The lowest BCUT2D eigenvalue weighted by Crippen LogP contribution is -2.20. The fourth-order valence-electron chi connectivity index (χ4n) is 2.20. The number of amides is 1. The molecule has 0 heterocycles. The number of ether oxygens (including phenoxy) is 2. The van der Waals surface area contributed by atoms with Crippen molar-refractivity contribution in [2.75, 3.05) is 19.0 Å². The summed E-state index contributed by atoms with van der Waals surface area (Å²) in [4.78, 5) is 23.6. The zero-order chi connectivity index (χ0) is 18.1. The number of carbonyl (C=O) groups excluding carboxylic acids is 2. The molecule has 0 spiro atoms. The summed E-state index contributed by atoms with van der Waals surface area (Å²) in [7, 11) is 1.59. The fraction of sp³-hybridized carbons (Fsp3) is 0.200. The number of hydrogen-bond donors (Lipinski definition) is 1. The zero-order valence-corrected chi connectivity index (χ0v) is 14.3. The number of esters is 1. The van der Waals surface area contributed by atoms with Crippen LogP contribution in [-0.2, 0) is 20.7 Å². The van der Waals surface area contributed by atoms with Crippen molar-refractivity contribution in [3.05, 3.63) is 65.7 Å². The molecule has 5 nitrogen and oxygen atoms in total. The standard InChI is InChI=1S/C20H21NO4/c1-3-16-6-4-5-7-18(16)21-19(22)14-25-20(23)13-10-15-8-11-17(24-2)12-9-15/h4-13H,3,14H2,1-2H3,(H,21,22). The normalized spacial score (nSPS) is 10.5. The van der Waals surface area contributed by atoms with Gasteiger partial charge in [-0.2, -0.15) is 0 Å². The molecule has 0 aromatic heterocycles. The van der Waals surface area contributed by atoms with Crippen LogP contribution in [0.3, 0.4) is 0 Å². The number of benzene rings is 2. The van der Waals surface area contributed by atoms with Crippen molar-refractivity contribution in [1.29, 1.82) is 0 Å². The molecule has 130 valence electrons. The van der Waals surface area contributed by atoms with E-state index in [0.717, 1.165) is 29.0 Å². The smallest absolute Gasteiger partial charge is 0.331 e. The van der Waals surface area contributed by atoms with Crippen molar-refractivity contribution in [1.82, 2.24) is 0 Å². The molecule has 2 rings (SSSR count). The van der Waals surface area contributed by atoms with Crippen LogP contribution in [0.2, 0.25) is 0 Å². The first-order chi connectivity index (χ1) is 12.1. The highest BCUT2D eigenvalue weighted by Crippen LogP contribution is 2.15. The number of nitrogens with one attached hydrogen (secondary N) is 1. The molecule has 1 N–H and O–H groups in total. The lowest BCUT2D eigenvalue weighted by atomic mass is 10.1. The van der Waals surface area contributed by atoms with Gasteiger partial charge in [0.25, 0.3) is 5.91 Å². The number of hydrogen-bond acceptors (Lipinski definition) is 4. The maximum atomic E-state index is 11.9. The first-order valence-corrected chi connectivity index (χ1v) is 7.99. The van der Waals surface area contributed by atoms with Crippen LogP contribution in [0.1, 0.15) is 18.1 Å². The Morgan fingerprint density at radius 2 is 1.80 bits per heavy atom. The molecule has 0 bridgehead atoms. The van der Waals surface area contributed by atoms with Gasteiger partial charge < -0.3 is 14.8 Å². The van der Waals surface area contributed by atoms with Gasteiger partial charge in [-0.05, 0) is 41.8 Å². The second-order valence-electron chi connectivity index (χ2n) is 5.27. The monoisotopic (exact) mass is 339 g/mol. The number of para-hydroxylation sites is 1. The van der Waals surface area contributed by atoms with Crippen molar-refractivity contribution in [2.45, 2.75) is 13.3 Å². The van der Waals surface area contributed by atoms with Crippen molar-refractivity contribution >= 4 is 23.6 Å². The summed E-state index contributed by atoms with van der Waals surface area (Å²) in [5, 5.41) is 2.75. The third-order valence-electron chi connectivity index (χ3n) is 3.55.